The third kappa shape index (κ3) is 4.30. The number of carbonyl (C=O) groups excluding carboxylic acids is 1. The standard InChI is InChI=1S/C12H17NO4/c1-8(2)6-13-11(15)7-17-12-9(3)16-5-4-10(12)14/h4-5,8H,6-7H2,1-3H3,(H,13,15). The van der Waals surface area contributed by atoms with E-state index in [2.05, 4.69) is 5.32 Å². The molecule has 1 rings (SSSR count). The number of ether oxygens (including phenoxy) is 1. The van der Waals surface area contributed by atoms with Crippen LogP contribution in [0.4, 0.5) is 0 Å². The lowest BCUT2D eigenvalue weighted by atomic mass is 10.2. The highest BCUT2D eigenvalue weighted by Gasteiger charge is 2.09. The van der Waals surface area contributed by atoms with Crippen molar-refractivity contribution in [1.82, 2.24) is 5.32 Å². The van der Waals surface area contributed by atoms with Crippen LogP contribution in [0.15, 0.2) is 21.5 Å². The largest absolute Gasteiger partial charge is 0.476 e. The summed E-state index contributed by atoms with van der Waals surface area (Å²) >= 11 is 0. The quantitative estimate of drug-likeness (QED) is 0.835. The summed E-state index contributed by atoms with van der Waals surface area (Å²) in [5.74, 6) is 0.588. The molecule has 0 bridgehead atoms. The van der Waals surface area contributed by atoms with Gasteiger partial charge in [-0.1, -0.05) is 13.8 Å². The highest BCUT2D eigenvalue weighted by molar-refractivity contribution is 5.77. The molecule has 0 unspecified atom stereocenters. The van der Waals surface area contributed by atoms with E-state index in [1.807, 2.05) is 13.8 Å². The Balaban J connectivity index is 2.51. The van der Waals surface area contributed by atoms with Crippen LogP contribution in [0.5, 0.6) is 5.75 Å². The summed E-state index contributed by atoms with van der Waals surface area (Å²) in [6.45, 7) is 6.02. The molecule has 0 fully saturated rings. The van der Waals surface area contributed by atoms with Gasteiger partial charge in [0.15, 0.2) is 6.61 Å². The predicted octanol–water partition coefficient (Wildman–Crippen LogP) is 1.10. The molecule has 94 valence electrons. The minimum Gasteiger partial charge on any atom is -0.476 e. The van der Waals surface area contributed by atoms with Crippen molar-refractivity contribution in [2.24, 2.45) is 5.92 Å². The number of rotatable bonds is 5. The summed E-state index contributed by atoms with van der Waals surface area (Å²) in [4.78, 5) is 22.8. The smallest absolute Gasteiger partial charge is 0.257 e. The summed E-state index contributed by atoms with van der Waals surface area (Å²) in [7, 11) is 0. The molecule has 0 spiro atoms. The molecule has 1 heterocycles. The first-order valence-corrected chi connectivity index (χ1v) is 5.48. The van der Waals surface area contributed by atoms with Gasteiger partial charge in [0.25, 0.3) is 5.91 Å². The van der Waals surface area contributed by atoms with Gasteiger partial charge in [0.05, 0.1) is 6.26 Å². The molecule has 5 heteroatoms. The second kappa shape index (κ2) is 6.08. The normalized spacial score (nSPS) is 10.4. The SMILES string of the molecule is Cc1occc(=O)c1OCC(=O)NCC(C)C. The second-order valence-electron chi connectivity index (χ2n) is 4.16. The molecule has 0 aliphatic carbocycles. The van der Waals surface area contributed by atoms with Crippen molar-refractivity contribution in [3.05, 3.63) is 28.3 Å². The minimum atomic E-state index is -0.287. The molecule has 5 nitrogen and oxygen atoms in total. The first-order valence-electron chi connectivity index (χ1n) is 5.48. The van der Waals surface area contributed by atoms with Crippen molar-refractivity contribution >= 4 is 5.91 Å². The molecule has 0 aliphatic rings. The van der Waals surface area contributed by atoms with E-state index < -0.39 is 0 Å². The van der Waals surface area contributed by atoms with Crippen molar-refractivity contribution in [3.8, 4) is 5.75 Å². The highest BCUT2D eigenvalue weighted by Crippen LogP contribution is 2.09. The summed E-state index contributed by atoms with van der Waals surface area (Å²) in [5, 5.41) is 2.69. The van der Waals surface area contributed by atoms with Gasteiger partial charge < -0.3 is 14.5 Å². The van der Waals surface area contributed by atoms with Crippen LogP contribution in [0.25, 0.3) is 0 Å². The van der Waals surface area contributed by atoms with Crippen LogP contribution >= 0.6 is 0 Å². The van der Waals surface area contributed by atoms with Crippen LogP contribution in [-0.4, -0.2) is 19.1 Å². The Morgan fingerprint density at radius 3 is 2.82 bits per heavy atom. The summed E-state index contributed by atoms with van der Waals surface area (Å²) < 4.78 is 10.2. The Hall–Kier alpha value is -1.78. The lowest BCUT2D eigenvalue weighted by Gasteiger charge is -2.09. The molecule has 1 amide bonds. The highest BCUT2D eigenvalue weighted by atomic mass is 16.5. The van der Waals surface area contributed by atoms with Crippen molar-refractivity contribution in [2.75, 3.05) is 13.2 Å². The van der Waals surface area contributed by atoms with Crippen molar-refractivity contribution in [3.63, 3.8) is 0 Å². The van der Waals surface area contributed by atoms with Gasteiger partial charge in [0.2, 0.25) is 11.2 Å². The van der Waals surface area contributed by atoms with Gasteiger partial charge in [-0.2, -0.15) is 0 Å². The number of carbonyl (C=O) groups is 1. The third-order valence-electron chi connectivity index (χ3n) is 2.06. The van der Waals surface area contributed by atoms with E-state index in [0.29, 0.717) is 18.2 Å². The predicted molar refractivity (Wildman–Crippen MR) is 63.1 cm³/mol. The van der Waals surface area contributed by atoms with Gasteiger partial charge in [-0.3, -0.25) is 9.59 Å². The monoisotopic (exact) mass is 239 g/mol. The second-order valence-corrected chi connectivity index (χ2v) is 4.16. The fourth-order valence-electron chi connectivity index (χ4n) is 1.18. The van der Waals surface area contributed by atoms with Crippen molar-refractivity contribution in [1.29, 1.82) is 0 Å². The van der Waals surface area contributed by atoms with Gasteiger partial charge in [-0.05, 0) is 12.8 Å². The maximum Gasteiger partial charge on any atom is 0.257 e. The third-order valence-corrected chi connectivity index (χ3v) is 2.06. The van der Waals surface area contributed by atoms with Crippen LogP contribution in [-0.2, 0) is 4.79 Å². The Morgan fingerprint density at radius 1 is 1.53 bits per heavy atom. The van der Waals surface area contributed by atoms with Gasteiger partial charge in [0, 0.05) is 12.6 Å². The lowest BCUT2D eigenvalue weighted by Crippen LogP contribution is -2.32. The van der Waals surface area contributed by atoms with Crippen LogP contribution in [0, 0.1) is 12.8 Å². The fourth-order valence-corrected chi connectivity index (χ4v) is 1.18. The molecule has 0 atom stereocenters. The van der Waals surface area contributed by atoms with E-state index in [9.17, 15) is 9.59 Å². The number of hydrogen-bond donors (Lipinski definition) is 1. The van der Waals surface area contributed by atoms with E-state index in [1.165, 1.54) is 12.3 Å². The zero-order valence-electron chi connectivity index (χ0n) is 10.3. The minimum absolute atomic E-state index is 0.0900. The Bertz CT molecular complexity index is 436. The average molecular weight is 239 g/mol. The summed E-state index contributed by atoms with van der Waals surface area (Å²) in [5.41, 5.74) is -0.287. The van der Waals surface area contributed by atoms with Crippen LogP contribution < -0.4 is 15.5 Å². The van der Waals surface area contributed by atoms with Gasteiger partial charge in [-0.15, -0.1) is 0 Å². The average Bonchev–Trinajstić information content (AvgIpc) is 2.25. The zero-order valence-corrected chi connectivity index (χ0v) is 10.3. The van der Waals surface area contributed by atoms with E-state index in [4.69, 9.17) is 9.15 Å². The molecule has 0 radical (unpaired) electrons. The van der Waals surface area contributed by atoms with E-state index in [-0.39, 0.29) is 23.7 Å². The molecule has 1 N–H and O–H groups in total. The molecule has 0 aliphatic heterocycles. The number of nitrogens with one attached hydrogen (secondary N) is 1. The molecule has 17 heavy (non-hydrogen) atoms. The maximum atomic E-state index is 11.4. The van der Waals surface area contributed by atoms with Crippen LogP contribution in [0.2, 0.25) is 0 Å². The lowest BCUT2D eigenvalue weighted by molar-refractivity contribution is -0.123. The van der Waals surface area contributed by atoms with Crippen LogP contribution in [0.3, 0.4) is 0 Å². The number of hydrogen-bond acceptors (Lipinski definition) is 4. The Labute approximate surface area is 99.8 Å². The maximum absolute atomic E-state index is 11.4. The molecule has 0 saturated carbocycles. The van der Waals surface area contributed by atoms with Gasteiger partial charge in [0.1, 0.15) is 5.76 Å². The zero-order chi connectivity index (χ0) is 12.8. The molecule has 0 saturated heterocycles. The Morgan fingerprint density at radius 2 is 2.24 bits per heavy atom. The van der Waals surface area contributed by atoms with Crippen molar-refractivity contribution < 1.29 is 13.9 Å². The van der Waals surface area contributed by atoms with E-state index in [0.717, 1.165) is 0 Å². The topological polar surface area (TPSA) is 68.5 Å². The summed E-state index contributed by atoms with van der Waals surface area (Å²) in [6.07, 6.45) is 1.30. The number of amides is 1. The molecule has 0 aromatic carbocycles. The first kappa shape index (κ1) is 13.3. The Kier molecular flexibility index (Phi) is 4.75. The number of aryl methyl sites for hydroxylation is 1. The first-order chi connectivity index (χ1) is 8.00. The van der Waals surface area contributed by atoms with Gasteiger partial charge in [-0.25, -0.2) is 0 Å². The van der Waals surface area contributed by atoms with Gasteiger partial charge >= 0.3 is 0 Å². The molecular formula is C12H17NO4. The van der Waals surface area contributed by atoms with E-state index in [1.54, 1.807) is 6.92 Å². The van der Waals surface area contributed by atoms with Crippen LogP contribution in [0.1, 0.15) is 19.6 Å². The van der Waals surface area contributed by atoms with Crippen molar-refractivity contribution in [2.45, 2.75) is 20.8 Å². The summed E-state index contributed by atoms with van der Waals surface area (Å²) in [6, 6.07) is 1.26. The molecule has 1 aromatic rings. The molecular weight excluding hydrogens is 222 g/mol. The molecule has 1 aromatic heterocycles. The van der Waals surface area contributed by atoms with E-state index >= 15 is 0 Å². The fraction of sp³-hybridized carbons (Fsp3) is 0.500.